The lowest BCUT2D eigenvalue weighted by Gasteiger charge is -2.22. The van der Waals surface area contributed by atoms with E-state index in [-0.39, 0.29) is 0 Å². The van der Waals surface area contributed by atoms with Crippen LogP contribution in [0.2, 0.25) is 0 Å². The largest absolute Gasteiger partial charge is 0.366 e. The van der Waals surface area contributed by atoms with Gasteiger partial charge in [-0.3, -0.25) is 15.0 Å². The van der Waals surface area contributed by atoms with Crippen molar-refractivity contribution < 1.29 is 0 Å². The highest BCUT2D eigenvalue weighted by atomic mass is 15.2. The van der Waals surface area contributed by atoms with Gasteiger partial charge in [0, 0.05) is 49.3 Å². The third kappa shape index (κ3) is 2.59. The third-order valence-corrected chi connectivity index (χ3v) is 5.16. The molecular weight excluding hydrogens is 276 g/mol. The minimum Gasteiger partial charge on any atom is -0.366 e. The van der Waals surface area contributed by atoms with E-state index in [0.717, 1.165) is 24.8 Å². The van der Waals surface area contributed by atoms with Crippen molar-refractivity contribution in [1.29, 1.82) is 0 Å². The van der Waals surface area contributed by atoms with E-state index >= 15 is 0 Å². The maximum Gasteiger partial charge on any atom is 0.144 e. The normalized spacial score (nSPS) is 28.0. The molecule has 1 saturated carbocycles. The summed E-state index contributed by atoms with van der Waals surface area (Å²) >= 11 is 0. The van der Waals surface area contributed by atoms with E-state index in [0.29, 0.717) is 12.0 Å². The average Bonchev–Trinajstić information content (AvgIpc) is 3.20. The molecule has 2 fully saturated rings. The maximum atomic E-state index is 4.35. The molecule has 0 bridgehead atoms. The van der Waals surface area contributed by atoms with E-state index in [4.69, 9.17) is 0 Å². The average molecular weight is 298 g/mol. The van der Waals surface area contributed by atoms with Gasteiger partial charge in [-0.05, 0) is 31.6 Å². The number of aromatic nitrogens is 4. The van der Waals surface area contributed by atoms with Gasteiger partial charge in [-0.2, -0.15) is 5.10 Å². The predicted molar refractivity (Wildman–Crippen MR) is 84.3 cm³/mol. The van der Waals surface area contributed by atoms with E-state index in [1.54, 1.807) is 12.4 Å². The van der Waals surface area contributed by atoms with Crippen molar-refractivity contribution in [2.24, 2.45) is 11.8 Å². The predicted octanol–water partition coefficient (Wildman–Crippen LogP) is 1.83. The third-order valence-electron chi connectivity index (χ3n) is 5.16. The molecule has 6 nitrogen and oxygen atoms in total. The van der Waals surface area contributed by atoms with Crippen LogP contribution in [0.15, 0.2) is 24.8 Å². The minimum absolute atomic E-state index is 0.525. The van der Waals surface area contributed by atoms with Crippen molar-refractivity contribution in [2.45, 2.75) is 32.4 Å². The molecule has 1 aliphatic heterocycles. The second-order valence-electron chi connectivity index (χ2n) is 6.56. The number of anilines is 1. The van der Waals surface area contributed by atoms with Gasteiger partial charge in [0.05, 0.1) is 12.4 Å². The highest BCUT2D eigenvalue weighted by molar-refractivity contribution is 5.32. The number of aromatic amines is 1. The molecule has 116 valence electrons. The van der Waals surface area contributed by atoms with Gasteiger partial charge in [0.15, 0.2) is 0 Å². The van der Waals surface area contributed by atoms with Gasteiger partial charge in [0.1, 0.15) is 5.82 Å². The molecule has 3 heterocycles. The first-order valence-corrected chi connectivity index (χ1v) is 8.03. The first kappa shape index (κ1) is 13.7. The standard InChI is InChI=1S/C16H22N6/c1-11-13(6-19-21-11)9-22-8-12-2-3-15(14(12)10-22)20-16-7-17-4-5-18-16/h4-7,12,14-15H,2-3,8-10H2,1H3,(H,18,20)(H,19,21)/t12-,14+,15-/m1/s1. The van der Waals surface area contributed by atoms with Crippen LogP contribution in [-0.4, -0.2) is 44.2 Å². The van der Waals surface area contributed by atoms with E-state index in [2.05, 4.69) is 37.3 Å². The fourth-order valence-corrected chi connectivity index (χ4v) is 4.01. The fraction of sp³-hybridized carbons (Fsp3) is 0.562. The minimum atomic E-state index is 0.525. The van der Waals surface area contributed by atoms with Crippen LogP contribution in [0, 0.1) is 18.8 Å². The second kappa shape index (κ2) is 5.68. The molecule has 0 spiro atoms. The molecule has 0 aromatic carbocycles. The van der Waals surface area contributed by atoms with Crippen molar-refractivity contribution in [3.63, 3.8) is 0 Å². The molecule has 0 radical (unpaired) electrons. The highest BCUT2D eigenvalue weighted by Crippen LogP contribution is 2.39. The van der Waals surface area contributed by atoms with Crippen LogP contribution in [0.5, 0.6) is 0 Å². The summed E-state index contributed by atoms with van der Waals surface area (Å²) in [5, 5.41) is 10.7. The Morgan fingerprint density at radius 3 is 3.00 bits per heavy atom. The van der Waals surface area contributed by atoms with Crippen LogP contribution in [0.3, 0.4) is 0 Å². The van der Waals surface area contributed by atoms with Gasteiger partial charge in [-0.25, -0.2) is 4.98 Å². The topological polar surface area (TPSA) is 69.7 Å². The molecular formula is C16H22N6. The van der Waals surface area contributed by atoms with Crippen molar-refractivity contribution >= 4 is 5.82 Å². The summed E-state index contributed by atoms with van der Waals surface area (Å²) in [4.78, 5) is 11.1. The molecule has 2 aliphatic rings. The quantitative estimate of drug-likeness (QED) is 0.901. The Hall–Kier alpha value is -1.95. The molecule has 0 unspecified atom stereocenters. The number of fused-ring (bicyclic) bond motifs is 1. The summed E-state index contributed by atoms with van der Waals surface area (Å²) in [5.74, 6) is 2.42. The Labute approximate surface area is 130 Å². The number of rotatable bonds is 4. The van der Waals surface area contributed by atoms with Crippen LogP contribution in [0.1, 0.15) is 24.1 Å². The van der Waals surface area contributed by atoms with Crippen LogP contribution in [-0.2, 0) is 6.54 Å². The van der Waals surface area contributed by atoms with Crippen LogP contribution >= 0.6 is 0 Å². The number of hydrogen-bond acceptors (Lipinski definition) is 5. The zero-order chi connectivity index (χ0) is 14.9. The summed E-state index contributed by atoms with van der Waals surface area (Å²) in [6.07, 6.45) is 9.78. The lowest BCUT2D eigenvalue weighted by molar-refractivity contribution is 0.300. The van der Waals surface area contributed by atoms with Crippen molar-refractivity contribution in [3.8, 4) is 0 Å². The molecule has 3 atom stereocenters. The number of nitrogens with zero attached hydrogens (tertiary/aromatic N) is 4. The van der Waals surface area contributed by atoms with E-state index in [1.807, 2.05) is 12.4 Å². The molecule has 4 rings (SSSR count). The molecule has 2 aromatic rings. The first-order valence-electron chi connectivity index (χ1n) is 8.03. The number of aryl methyl sites for hydroxylation is 1. The van der Waals surface area contributed by atoms with Crippen molar-refractivity contribution in [3.05, 3.63) is 36.0 Å². The lowest BCUT2D eigenvalue weighted by Crippen LogP contribution is -2.30. The number of H-pyrrole nitrogens is 1. The van der Waals surface area contributed by atoms with Gasteiger partial charge >= 0.3 is 0 Å². The van der Waals surface area contributed by atoms with Crippen LogP contribution < -0.4 is 5.32 Å². The summed E-state index contributed by atoms with van der Waals surface area (Å²) in [6, 6.07) is 0.525. The van der Waals surface area contributed by atoms with E-state index in [1.165, 1.54) is 30.6 Å². The highest BCUT2D eigenvalue weighted by Gasteiger charge is 2.42. The Morgan fingerprint density at radius 2 is 2.23 bits per heavy atom. The van der Waals surface area contributed by atoms with Crippen molar-refractivity contribution in [2.75, 3.05) is 18.4 Å². The van der Waals surface area contributed by atoms with Gasteiger partial charge in [-0.15, -0.1) is 0 Å². The van der Waals surface area contributed by atoms with Crippen LogP contribution in [0.25, 0.3) is 0 Å². The zero-order valence-electron chi connectivity index (χ0n) is 12.9. The molecule has 22 heavy (non-hydrogen) atoms. The van der Waals surface area contributed by atoms with E-state index in [9.17, 15) is 0 Å². The smallest absolute Gasteiger partial charge is 0.144 e. The number of nitrogens with one attached hydrogen (secondary N) is 2. The van der Waals surface area contributed by atoms with Gasteiger partial charge in [0.25, 0.3) is 0 Å². The molecule has 0 amide bonds. The Balaban J connectivity index is 1.40. The maximum absolute atomic E-state index is 4.35. The molecule has 1 saturated heterocycles. The Bertz CT molecular complexity index is 625. The van der Waals surface area contributed by atoms with Crippen LogP contribution in [0.4, 0.5) is 5.82 Å². The van der Waals surface area contributed by atoms with Crippen molar-refractivity contribution in [1.82, 2.24) is 25.1 Å². The molecule has 2 N–H and O–H groups in total. The fourth-order valence-electron chi connectivity index (χ4n) is 4.01. The summed E-state index contributed by atoms with van der Waals surface area (Å²) < 4.78 is 0. The molecule has 6 heteroatoms. The Morgan fingerprint density at radius 1 is 1.27 bits per heavy atom. The van der Waals surface area contributed by atoms with Gasteiger partial charge < -0.3 is 5.32 Å². The second-order valence-corrected chi connectivity index (χ2v) is 6.56. The summed E-state index contributed by atoms with van der Waals surface area (Å²) in [5.41, 5.74) is 2.50. The van der Waals surface area contributed by atoms with Gasteiger partial charge in [-0.1, -0.05) is 0 Å². The monoisotopic (exact) mass is 298 g/mol. The molecule has 2 aromatic heterocycles. The molecule has 1 aliphatic carbocycles. The number of likely N-dealkylation sites (tertiary alicyclic amines) is 1. The lowest BCUT2D eigenvalue weighted by atomic mass is 9.98. The van der Waals surface area contributed by atoms with E-state index < -0.39 is 0 Å². The summed E-state index contributed by atoms with van der Waals surface area (Å²) in [7, 11) is 0. The zero-order valence-corrected chi connectivity index (χ0v) is 12.9. The Kier molecular flexibility index (Phi) is 3.54. The summed E-state index contributed by atoms with van der Waals surface area (Å²) in [6.45, 7) is 5.46. The first-order chi connectivity index (χ1) is 10.8. The van der Waals surface area contributed by atoms with Gasteiger partial charge in [0.2, 0.25) is 0 Å². The SMILES string of the molecule is Cc1[nH]ncc1CN1C[C@H]2CC[C@@H](Nc3cnccn3)[C@H]2C1. The number of hydrogen-bond donors (Lipinski definition) is 2.